The summed E-state index contributed by atoms with van der Waals surface area (Å²) in [5.74, 6) is 1.55. The van der Waals surface area contributed by atoms with Crippen LogP contribution in [0.15, 0.2) is 103 Å². The number of nitrogens with zero attached hydrogens (tertiary/aromatic N) is 1. The highest BCUT2D eigenvalue weighted by molar-refractivity contribution is 7.80. The topological polar surface area (TPSA) is 62.0 Å². The number of aromatic nitrogens is 2. The van der Waals surface area contributed by atoms with Gasteiger partial charge in [-0.05, 0) is 60.2 Å². The summed E-state index contributed by atoms with van der Waals surface area (Å²) in [6, 6.07) is 34.0. The zero-order valence-electron chi connectivity index (χ0n) is 17.8. The first kappa shape index (κ1) is 20.7. The second-order valence-electron chi connectivity index (χ2n) is 7.50. The molecule has 0 aliphatic rings. The highest BCUT2D eigenvalue weighted by atomic mass is 32.1. The molecule has 5 aromatic rings. The number of aromatic amines is 1. The summed E-state index contributed by atoms with van der Waals surface area (Å²) < 4.78 is 5.87. The van der Waals surface area contributed by atoms with Crippen molar-refractivity contribution >= 4 is 39.7 Å². The Hall–Kier alpha value is -4.16. The molecule has 0 spiro atoms. The van der Waals surface area contributed by atoms with E-state index >= 15 is 0 Å². The van der Waals surface area contributed by atoms with E-state index in [2.05, 4.69) is 38.8 Å². The maximum Gasteiger partial charge on any atom is 0.175 e. The van der Waals surface area contributed by atoms with Crippen LogP contribution in [0.4, 0.5) is 11.4 Å². The molecule has 0 amide bonds. The van der Waals surface area contributed by atoms with Gasteiger partial charge in [-0.15, -0.1) is 0 Å². The van der Waals surface area contributed by atoms with E-state index in [1.165, 1.54) is 0 Å². The van der Waals surface area contributed by atoms with Crippen molar-refractivity contribution in [2.45, 2.75) is 6.61 Å². The van der Waals surface area contributed by atoms with Crippen molar-refractivity contribution in [1.82, 2.24) is 9.97 Å². The average molecular weight is 451 g/mol. The monoisotopic (exact) mass is 450 g/mol. The van der Waals surface area contributed by atoms with Crippen LogP contribution < -0.4 is 15.4 Å². The number of thiocarbonyl (C=S) groups is 1. The van der Waals surface area contributed by atoms with E-state index in [0.717, 1.165) is 45.1 Å². The number of H-pyrrole nitrogens is 1. The lowest BCUT2D eigenvalue weighted by Gasteiger charge is -2.14. The molecular weight excluding hydrogens is 428 g/mol. The fourth-order valence-corrected chi connectivity index (χ4v) is 3.83. The van der Waals surface area contributed by atoms with Gasteiger partial charge in [-0.3, -0.25) is 0 Å². The number of fused-ring (bicyclic) bond motifs is 1. The minimum atomic E-state index is 0.373. The van der Waals surface area contributed by atoms with E-state index in [1.807, 2.05) is 84.9 Å². The molecule has 162 valence electrons. The van der Waals surface area contributed by atoms with Gasteiger partial charge in [0.2, 0.25) is 0 Å². The highest BCUT2D eigenvalue weighted by Crippen LogP contribution is 2.27. The maximum absolute atomic E-state index is 5.87. The first-order valence-corrected chi connectivity index (χ1v) is 11.0. The van der Waals surface area contributed by atoms with Crippen molar-refractivity contribution in [3.8, 4) is 16.9 Å². The summed E-state index contributed by atoms with van der Waals surface area (Å²) in [6.45, 7) is 0.373. The van der Waals surface area contributed by atoms with E-state index in [-0.39, 0.29) is 0 Å². The summed E-state index contributed by atoms with van der Waals surface area (Å²) >= 11 is 5.54. The molecule has 0 fully saturated rings. The molecule has 0 aliphatic heterocycles. The van der Waals surface area contributed by atoms with Crippen molar-refractivity contribution < 1.29 is 4.74 Å². The van der Waals surface area contributed by atoms with Crippen LogP contribution in [0.3, 0.4) is 0 Å². The molecular formula is C27H22N4OS. The van der Waals surface area contributed by atoms with Gasteiger partial charge in [0.15, 0.2) is 5.11 Å². The molecule has 0 atom stereocenters. The molecule has 5 rings (SSSR count). The molecule has 3 N–H and O–H groups in total. The van der Waals surface area contributed by atoms with Gasteiger partial charge in [0.25, 0.3) is 0 Å². The first-order chi connectivity index (χ1) is 16.2. The Labute approximate surface area is 197 Å². The lowest BCUT2D eigenvalue weighted by atomic mass is 10.0. The van der Waals surface area contributed by atoms with Gasteiger partial charge in [-0.2, -0.15) is 0 Å². The van der Waals surface area contributed by atoms with Crippen LogP contribution >= 0.6 is 12.2 Å². The molecule has 5 nitrogen and oxygen atoms in total. The normalized spacial score (nSPS) is 10.7. The lowest BCUT2D eigenvalue weighted by Crippen LogP contribution is -2.19. The molecule has 0 unspecified atom stereocenters. The van der Waals surface area contributed by atoms with Gasteiger partial charge in [-0.25, -0.2) is 4.98 Å². The number of para-hydroxylation sites is 3. The Morgan fingerprint density at radius 3 is 2.33 bits per heavy atom. The van der Waals surface area contributed by atoms with E-state index in [4.69, 9.17) is 17.0 Å². The van der Waals surface area contributed by atoms with Crippen LogP contribution in [0.25, 0.3) is 22.2 Å². The molecule has 1 heterocycles. The lowest BCUT2D eigenvalue weighted by molar-refractivity contribution is 0.297. The largest absolute Gasteiger partial charge is 0.486 e. The number of benzene rings is 4. The van der Waals surface area contributed by atoms with E-state index < -0.39 is 0 Å². The van der Waals surface area contributed by atoms with Crippen molar-refractivity contribution in [3.05, 3.63) is 109 Å². The minimum Gasteiger partial charge on any atom is -0.486 e. The van der Waals surface area contributed by atoms with Crippen LogP contribution in [0.1, 0.15) is 5.82 Å². The minimum absolute atomic E-state index is 0.373. The standard InChI is InChI=1S/C27H22N4OS/c33-27(31-23-11-5-4-10-22(23)19-8-2-1-3-9-19)28-20-14-16-21(17-15-20)32-18-26-29-24-12-6-7-13-25(24)30-26/h1-17H,18H2,(H,29,30)(H2,28,31,33). The number of imidazole rings is 1. The smallest absolute Gasteiger partial charge is 0.175 e. The summed E-state index contributed by atoms with van der Waals surface area (Å²) in [5, 5.41) is 7.06. The zero-order valence-corrected chi connectivity index (χ0v) is 18.6. The van der Waals surface area contributed by atoms with Crippen LogP contribution in [-0.4, -0.2) is 15.1 Å². The van der Waals surface area contributed by atoms with E-state index in [1.54, 1.807) is 0 Å². The number of hydrogen-bond acceptors (Lipinski definition) is 3. The van der Waals surface area contributed by atoms with Crippen molar-refractivity contribution in [1.29, 1.82) is 0 Å². The van der Waals surface area contributed by atoms with Gasteiger partial charge in [-0.1, -0.05) is 60.7 Å². The Kier molecular flexibility index (Phi) is 5.99. The van der Waals surface area contributed by atoms with E-state index in [0.29, 0.717) is 11.7 Å². The highest BCUT2D eigenvalue weighted by Gasteiger charge is 2.07. The Balaban J connectivity index is 1.20. The second kappa shape index (κ2) is 9.54. The SMILES string of the molecule is S=C(Nc1ccc(OCc2nc3ccccc3[nH]2)cc1)Nc1ccccc1-c1ccccc1. The molecule has 4 aromatic carbocycles. The maximum atomic E-state index is 5.87. The first-order valence-electron chi connectivity index (χ1n) is 10.6. The predicted octanol–water partition coefficient (Wildman–Crippen LogP) is 6.62. The third-order valence-electron chi connectivity index (χ3n) is 5.19. The summed E-state index contributed by atoms with van der Waals surface area (Å²) in [6.07, 6.45) is 0. The number of rotatable bonds is 6. The second-order valence-corrected chi connectivity index (χ2v) is 7.91. The summed E-state index contributed by atoms with van der Waals surface area (Å²) in [7, 11) is 0. The van der Waals surface area contributed by atoms with Crippen molar-refractivity contribution in [3.63, 3.8) is 0 Å². The molecule has 0 bridgehead atoms. The fourth-order valence-electron chi connectivity index (χ4n) is 3.61. The van der Waals surface area contributed by atoms with E-state index in [9.17, 15) is 0 Å². The van der Waals surface area contributed by atoms with Gasteiger partial charge < -0.3 is 20.4 Å². The molecule has 0 saturated carbocycles. The molecule has 0 radical (unpaired) electrons. The number of nitrogens with one attached hydrogen (secondary N) is 3. The summed E-state index contributed by atoms with van der Waals surface area (Å²) in [5.41, 5.74) is 6.00. The van der Waals surface area contributed by atoms with Gasteiger partial charge >= 0.3 is 0 Å². The molecule has 0 aliphatic carbocycles. The average Bonchev–Trinajstić information content (AvgIpc) is 3.28. The molecule has 0 saturated heterocycles. The summed E-state index contributed by atoms with van der Waals surface area (Å²) in [4.78, 5) is 7.80. The number of anilines is 2. The Bertz CT molecular complexity index is 1350. The van der Waals surface area contributed by atoms with Crippen LogP contribution in [0.5, 0.6) is 5.75 Å². The predicted molar refractivity (Wildman–Crippen MR) is 139 cm³/mol. The van der Waals surface area contributed by atoms with Crippen LogP contribution in [0.2, 0.25) is 0 Å². The third kappa shape index (κ3) is 5.02. The number of ether oxygens (including phenoxy) is 1. The molecule has 6 heteroatoms. The number of hydrogen-bond donors (Lipinski definition) is 3. The fraction of sp³-hybridized carbons (Fsp3) is 0.0370. The van der Waals surface area contributed by atoms with Crippen LogP contribution in [0, 0.1) is 0 Å². The Morgan fingerprint density at radius 1 is 0.788 bits per heavy atom. The van der Waals surface area contributed by atoms with Gasteiger partial charge in [0, 0.05) is 16.9 Å². The Morgan fingerprint density at radius 2 is 1.52 bits per heavy atom. The quantitative estimate of drug-likeness (QED) is 0.254. The molecule has 1 aromatic heterocycles. The van der Waals surface area contributed by atoms with Gasteiger partial charge in [0.05, 0.1) is 11.0 Å². The van der Waals surface area contributed by atoms with Crippen LogP contribution in [-0.2, 0) is 6.61 Å². The molecule has 33 heavy (non-hydrogen) atoms. The third-order valence-corrected chi connectivity index (χ3v) is 5.39. The van der Waals surface area contributed by atoms with Crippen molar-refractivity contribution in [2.24, 2.45) is 0 Å². The zero-order chi connectivity index (χ0) is 22.5. The van der Waals surface area contributed by atoms with Gasteiger partial charge in [0.1, 0.15) is 18.2 Å². The van der Waals surface area contributed by atoms with Crippen molar-refractivity contribution in [2.75, 3.05) is 10.6 Å².